The first kappa shape index (κ1) is 12.6. The van der Waals surface area contributed by atoms with Crippen LogP contribution >= 0.6 is 0 Å². The number of carboxylic acids is 1. The van der Waals surface area contributed by atoms with Gasteiger partial charge in [0.25, 0.3) is 0 Å². The van der Waals surface area contributed by atoms with E-state index in [-0.39, 0.29) is 0 Å². The number of ether oxygens (including phenoxy) is 2. The number of carbonyl (C=O) groups is 1. The van der Waals surface area contributed by atoms with Gasteiger partial charge in [-0.15, -0.1) is 0 Å². The Morgan fingerprint density at radius 2 is 1.95 bits per heavy atom. The highest BCUT2D eigenvalue weighted by molar-refractivity contribution is 5.74. The second-order valence-corrected chi connectivity index (χ2v) is 5.39. The zero-order valence-electron chi connectivity index (χ0n) is 11.0. The van der Waals surface area contributed by atoms with E-state index in [2.05, 4.69) is 0 Å². The van der Waals surface area contributed by atoms with Crippen molar-refractivity contribution in [2.24, 2.45) is 0 Å². The maximum absolute atomic E-state index is 11.4. The summed E-state index contributed by atoms with van der Waals surface area (Å²) in [6.45, 7) is 1.97. The van der Waals surface area contributed by atoms with E-state index in [1.54, 1.807) is 0 Å². The average Bonchev–Trinajstić information content (AvgIpc) is 2.98. The highest BCUT2D eigenvalue weighted by atomic mass is 16.8. The van der Waals surface area contributed by atoms with E-state index in [1.807, 2.05) is 31.2 Å². The smallest absolute Gasteiger partial charge is 0.336 e. The van der Waals surface area contributed by atoms with Crippen molar-refractivity contribution >= 4 is 5.97 Å². The predicted octanol–water partition coefficient (Wildman–Crippen LogP) is 2.81. The van der Waals surface area contributed by atoms with Crippen LogP contribution in [0.2, 0.25) is 0 Å². The number of hydrogen-bond acceptors (Lipinski definition) is 3. The van der Waals surface area contributed by atoms with Crippen LogP contribution in [-0.2, 0) is 14.3 Å². The molecule has 3 rings (SSSR count). The zero-order valence-corrected chi connectivity index (χ0v) is 11.0. The van der Waals surface area contributed by atoms with Gasteiger partial charge < -0.3 is 14.6 Å². The molecule has 0 amide bonds. The molecule has 2 aliphatic rings. The summed E-state index contributed by atoms with van der Waals surface area (Å²) in [5.41, 5.74) is 1.95. The molecule has 1 aromatic rings. The van der Waals surface area contributed by atoms with Crippen LogP contribution in [0.25, 0.3) is 0 Å². The number of hydrogen-bond donors (Lipinski definition) is 1. The van der Waals surface area contributed by atoms with Crippen molar-refractivity contribution in [2.45, 2.75) is 50.6 Å². The second-order valence-electron chi connectivity index (χ2n) is 5.39. The Kier molecular flexibility index (Phi) is 3.07. The minimum Gasteiger partial charge on any atom is -0.479 e. The fraction of sp³-hybridized carbons (Fsp3) is 0.533. The maximum atomic E-state index is 11.4. The largest absolute Gasteiger partial charge is 0.479 e. The maximum Gasteiger partial charge on any atom is 0.336 e. The topological polar surface area (TPSA) is 55.8 Å². The number of aliphatic carboxylic acids is 1. The van der Waals surface area contributed by atoms with Crippen molar-refractivity contribution in [3.63, 3.8) is 0 Å². The van der Waals surface area contributed by atoms with E-state index >= 15 is 0 Å². The van der Waals surface area contributed by atoms with E-state index in [4.69, 9.17) is 9.47 Å². The third-order valence-corrected chi connectivity index (χ3v) is 4.06. The van der Waals surface area contributed by atoms with Crippen LogP contribution in [0.15, 0.2) is 24.3 Å². The molecule has 0 bridgehead atoms. The Bertz CT molecular complexity index is 491. The highest BCUT2D eigenvalue weighted by Crippen LogP contribution is 2.47. The average molecular weight is 262 g/mol. The zero-order chi connectivity index (χ0) is 13.5. The molecule has 1 aromatic carbocycles. The minimum absolute atomic E-state index is 0.503. The van der Waals surface area contributed by atoms with Gasteiger partial charge in [-0.1, -0.05) is 24.3 Å². The molecule has 1 heterocycles. The van der Waals surface area contributed by atoms with E-state index in [1.165, 1.54) is 0 Å². The molecule has 1 N–H and O–H groups in total. The van der Waals surface area contributed by atoms with Crippen molar-refractivity contribution in [2.75, 3.05) is 0 Å². The lowest BCUT2D eigenvalue weighted by Gasteiger charge is -2.22. The molecule has 4 heteroatoms. The first-order valence-corrected chi connectivity index (χ1v) is 6.75. The van der Waals surface area contributed by atoms with E-state index in [0.717, 1.165) is 36.8 Å². The van der Waals surface area contributed by atoms with Gasteiger partial charge in [-0.05, 0) is 30.9 Å². The molecule has 4 nitrogen and oxygen atoms in total. The van der Waals surface area contributed by atoms with Gasteiger partial charge in [0, 0.05) is 12.8 Å². The molecule has 1 saturated carbocycles. The SMILES string of the molecule is Cc1ccccc1[C@@H]1OC2(CCCC2)O[C@H]1C(=O)O. The molecule has 1 saturated heterocycles. The first-order chi connectivity index (χ1) is 9.11. The summed E-state index contributed by atoms with van der Waals surface area (Å²) in [6, 6.07) is 7.74. The highest BCUT2D eigenvalue weighted by Gasteiger charge is 2.52. The van der Waals surface area contributed by atoms with Gasteiger partial charge >= 0.3 is 5.97 Å². The fourth-order valence-electron chi connectivity index (χ4n) is 3.08. The number of rotatable bonds is 2. The monoisotopic (exact) mass is 262 g/mol. The Labute approximate surface area is 112 Å². The van der Waals surface area contributed by atoms with Crippen LogP contribution in [0.1, 0.15) is 42.9 Å². The first-order valence-electron chi connectivity index (χ1n) is 6.75. The van der Waals surface area contributed by atoms with Crippen LogP contribution < -0.4 is 0 Å². The summed E-state index contributed by atoms with van der Waals surface area (Å²) in [7, 11) is 0. The predicted molar refractivity (Wildman–Crippen MR) is 68.7 cm³/mol. The summed E-state index contributed by atoms with van der Waals surface area (Å²) in [5, 5.41) is 9.37. The lowest BCUT2D eigenvalue weighted by molar-refractivity contribution is -0.179. The van der Waals surface area contributed by atoms with Crippen LogP contribution in [0, 0.1) is 6.92 Å². The van der Waals surface area contributed by atoms with Gasteiger partial charge in [0.15, 0.2) is 11.9 Å². The van der Waals surface area contributed by atoms with Gasteiger partial charge in [-0.25, -0.2) is 4.79 Å². The molecule has 0 unspecified atom stereocenters. The molecular formula is C15H18O4. The molecule has 0 radical (unpaired) electrons. The van der Waals surface area contributed by atoms with Crippen LogP contribution in [0.4, 0.5) is 0 Å². The van der Waals surface area contributed by atoms with Crippen LogP contribution in [0.5, 0.6) is 0 Å². The molecule has 1 spiro atoms. The van der Waals surface area contributed by atoms with E-state index < -0.39 is 24.0 Å². The summed E-state index contributed by atoms with van der Waals surface area (Å²) in [4.78, 5) is 11.4. The van der Waals surface area contributed by atoms with Crippen molar-refractivity contribution < 1.29 is 19.4 Å². The summed E-state index contributed by atoms with van der Waals surface area (Å²) < 4.78 is 11.8. The molecule has 2 fully saturated rings. The number of carboxylic acid groups (broad SMARTS) is 1. The molecule has 19 heavy (non-hydrogen) atoms. The lowest BCUT2D eigenvalue weighted by Crippen LogP contribution is -2.29. The molecule has 1 aliphatic heterocycles. The quantitative estimate of drug-likeness (QED) is 0.890. The Morgan fingerprint density at radius 3 is 2.58 bits per heavy atom. The van der Waals surface area contributed by atoms with Crippen molar-refractivity contribution in [3.8, 4) is 0 Å². The van der Waals surface area contributed by atoms with Crippen molar-refractivity contribution in [1.82, 2.24) is 0 Å². The third kappa shape index (κ3) is 2.15. The number of aryl methyl sites for hydroxylation is 1. The van der Waals surface area contributed by atoms with Gasteiger partial charge in [0.1, 0.15) is 6.10 Å². The standard InChI is InChI=1S/C15H18O4/c1-10-6-2-3-7-11(10)12-13(14(16)17)19-15(18-12)8-4-5-9-15/h2-3,6-7,12-13H,4-5,8-9H2,1H3,(H,16,17)/t12-,13+/m0/s1. The Balaban J connectivity index is 1.95. The fourth-order valence-corrected chi connectivity index (χ4v) is 3.08. The third-order valence-electron chi connectivity index (χ3n) is 4.06. The normalized spacial score (nSPS) is 28.9. The minimum atomic E-state index is -0.947. The Hall–Kier alpha value is -1.39. The molecular weight excluding hydrogens is 244 g/mol. The summed E-state index contributed by atoms with van der Waals surface area (Å²) in [5.74, 6) is -1.62. The molecule has 1 aliphatic carbocycles. The van der Waals surface area contributed by atoms with E-state index in [0.29, 0.717) is 0 Å². The molecule has 0 aromatic heterocycles. The number of benzene rings is 1. The van der Waals surface area contributed by atoms with Crippen LogP contribution in [-0.4, -0.2) is 23.0 Å². The summed E-state index contributed by atoms with van der Waals surface area (Å²) >= 11 is 0. The van der Waals surface area contributed by atoms with Crippen molar-refractivity contribution in [1.29, 1.82) is 0 Å². The Morgan fingerprint density at radius 1 is 1.26 bits per heavy atom. The summed E-state index contributed by atoms with van der Waals surface area (Å²) in [6.07, 6.45) is 2.24. The van der Waals surface area contributed by atoms with Gasteiger partial charge in [0.2, 0.25) is 0 Å². The van der Waals surface area contributed by atoms with Crippen LogP contribution in [0.3, 0.4) is 0 Å². The second kappa shape index (κ2) is 4.62. The lowest BCUT2D eigenvalue weighted by atomic mass is 10.00. The van der Waals surface area contributed by atoms with Gasteiger partial charge in [0.05, 0.1) is 0 Å². The van der Waals surface area contributed by atoms with Crippen molar-refractivity contribution in [3.05, 3.63) is 35.4 Å². The van der Waals surface area contributed by atoms with Gasteiger partial charge in [-0.2, -0.15) is 0 Å². The molecule has 2 atom stereocenters. The van der Waals surface area contributed by atoms with Gasteiger partial charge in [-0.3, -0.25) is 0 Å². The van der Waals surface area contributed by atoms with E-state index in [9.17, 15) is 9.90 Å². The molecule has 102 valence electrons.